The summed E-state index contributed by atoms with van der Waals surface area (Å²) >= 11 is 0. The van der Waals surface area contributed by atoms with Crippen molar-refractivity contribution in [3.63, 3.8) is 0 Å². The molecule has 2 aromatic rings. The van der Waals surface area contributed by atoms with E-state index < -0.39 is 0 Å². The molecule has 2 heteroatoms. The molecule has 0 fully saturated rings. The molecule has 0 radical (unpaired) electrons. The molecule has 0 aliphatic heterocycles. The van der Waals surface area contributed by atoms with Crippen molar-refractivity contribution in [3.8, 4) is 11.1 Å². The van der Waals surface area contributed by atoms with E-state index in [4.69, 9.17) is 0 Å². The highest BCUT2D eigenvalue weighted by molar-refractivity contribution is 5.67. The molecular formula is C18H18FN. The molecule has 0 aromatic heterocycles. The number of halogens is 1. The van der Waals surface area contributed by atoms with Gasteiger partial charge >= 0.3 is 0 Å². The van der Waals surface area contributed by atoms with Gasteiger partial charge in [-0.15, -0.1) is 0 Å². The second-order valence-electron chi connectivity index (χ2n) is 4.73. The smallest absolute Gasteiger partial charge is 0.123 e. The first-order valence-electron chi connectivity index (χ1n) is 6.68. The highest BCUT2D eigenvalue weighted by atomic mass is 19.1. The predicted octanol–water partition coefficient (Wildman–Crippen LogP) is 3.43. The number of nitrogens with zero attached hydrogens (tertiary/aromatic N) is 1. The summed E-state index contributed by atoms with van der Waals surface area (Å²) in [7, 11) is 0. The highest BCUT2D eigenvalue weighted by Gasteiger charge is 2.03. The van der Waals surface area contributed by atoms with Gasteiger partial charge in [0.15, 0.2) is 0 Å². The van der Waals surface area contributed by atoms with Gasteiger partial charge in [-0.05, 0) is 60.2 Å². The Balaban J connectivity index is 2.68. The number of aryl methyl sites for hydroxylation is 1. The number of rotatable bonds is 3. The molecule has 0 N–H and O–H groups in total. The van der Waals surface area contributed by atoms with Crippen LogP contribution in [0.3, 0.4) is 0 Å². The Hall–Kier alpha value is -2.22. The van der Waals surface area contributed by atoms with E-state index in [0.29, 0.717) is 0 Å². The van der Waals surface area contributed by atoms with Crippen LogP contribution in [-0.2, 0) is 0 Å². The van der Waals surface area contributed by atoms with E-state index in [1.807, 2.05) is 25.1 Å². The van der Waals surface area contributed by atoms with Gasteiger partial charge in [-0.1, -0.05) is 31.2 Å². The average molecular weight is 267 g/mol. The van der Waals surface area contributed by atoms with E-state index in [1.165, 1.54) is 6.07 Å². The molecule has 0 saturated carbocycles. The molecule has 2 rings (SSSR count). The molecule has 20 heavy (non-hydrogen) atoms. The Morgan fingerprint density at radius 2 is 1.95 bits per heavy atom. The molecule has 0 spiro atoms. The zero-order valence-corrected chi connectivity index (χ0v) is 11.9. The zero-order chi connectivity index (χ0) is 14.5. The van der Waals surface area contributed by atoms with Crippen molar-refractivity contribution < 1.29 is 4.39 Å². The van der Waals surface area contributed by atoms with Crippen LogP contribution >= 0.6 is 0 Å². The minimum Gasteiger partial charge on any atom is -0.272 e. The van der Waals surface area contributed by atoms with Crippen molar-refractivity contribution in [2.75, 3.05) is 0 Å². The topological polar surface area (TPSA) is 12.4 Å². The number of hydrogen-bond donors (Lipinski definition) is 0. The van der Waals surface area contributed by atoms with Crippen LogP contribution < -0.4 is 10.4 Å². The number of hydrogen-bond acceptors (Lipinski definition) is 1. The van der Waals surface area contributed by atoms with E-state index in [0.717, 1.165) is 33.5 Å². The molecule has 0 amide bonds. The van der Waals surface area contributed by atoms with Gasteiger partial charge in [-0.25, -0.2) is 4.39 Å². The molecule has 2 aromatic carbocycles. The fourth-order valence-electron chi connectivity index (χ4n) is 2.26. The van der Waals surface area contributed by atoms with Crippen LogP contribution in [0.4, 0.5) is 4.39 Å². The maximum atomic E-state index is 13.4. The molecule has 0 heterocycles. The van der Waals surface area contributed by atoms with E-state index >= 15 is 0 Å². The molecule has 0 unspecified atom stereocenters. The van der Waals surface area contributed by atoms with E-state index in [1.54, 1.807) is 18.3 Å². The Kier molecular flexibility index (Phi) is 4.46. The summed E-state index contributed by atoms with van der Waals surface area (Å²) in [4.78, 5) is 3.85. The highest BCUT2D eigenvalue weighted by Crippen LogP contribution is 2.22. The lowest BCUT2D eigenvalue weighted by molar-refractivity contribution is 0.628. The van der Waals surface area contributed by atoms with Crippen LogP contribution in [0.1, 0.15) is 18.9 Å². The lowest BCUT2D eigenvalue weighted by atomic mass is 9.99. The van der Waals surface area contributed by atoms with Gasteiger partial charge in [-0.2, -0.15) is 0 Å². The van der Waals surface area contributed by atoms with Crippen molar-refractivity contribution in [1.29, 1.82) is 0 Å². The molecular weight excluding hydrogens is 249 g/mol. The SMILES string of the molecule is C=N/C=c1/cc(-c2cc(F)ccc2C)cc/c1=C/CC. The summed E-state index contributed by atoms with van der Waals surface area (Å²) in [5.74, 6) is -0.220. The second-order valence-corrected chi connectivity index (χ2v) is 4.73. The minimum absolute atomic E-state index is 0.220. The van der Waals surface area contributed by atoms with Gasteiger partial charge < -0.3 is 0 Å². The van der Waals surface area contributed by atoms with Crippen LogP contribution in [0.15, 0.2) is 41.4 Å². The molecule has 0 saturated heterocycles. The molecule has 0 bridgehead atoms. The van der Waals surface area contributed by atoms with Gasteiger partial charge in [0.2, 0.25) is 0 Å². The Morgan fingerprint density at radius 3 is 2.65 bits per heavy atom. The second kappa shape index (κ2) is 6.29. The van der Waals surface area contributed by atoms with Crippen LogP contribution in [0.25, 0.3) is 23.4 Å². The molecule has 0 aliphatic rings. The lowest BCUT2D eigenvalue weighted by Crippen LogP contribution is -2.23. The monoisotopic (exact) mass is 267 g/mol. The summed E-state index contributed by atoms with van der Waals surface area (Å²) in [6, 6.07) is 10.9. The average Bonchev–Trinajstić information content (AvgIpc) is 2.44. The van der Waals surface area contributed by atoms with Gasteiger partial charge in [-0.3, -0.25) is 4.99 Å². The quantitative estimate of drug-likeness (QED) is 0.756. The van der Waals surface area contributed by atoms with Crippen molar-refractivity contribution in [2.45, 2.75) is 20.3 Å². The van der Waals surface area contributed by atoms with E-state index in [2.05, 4.69) is 24.7 Å². The first kappa shape index (κ1) is 14.2. The summed E-state index contributed by atoms with van der Waals surface area (Å²) in [5, 5.41) is 2.13. The van der Waals surface area contributed by atoms with E-state index in [-0.39, 0.29) is 5.82 Å². The lowest BCUT2D eigenvalue weighted by Gasteiger charge is -2.06. The first-order valence-corrected chi connectivity index (χ1v) is 6.68. The normalized spacial score (nSPS) is 12.8. The van der Waals surface area contributed by atoms with Crippen LogP contribution in [-0.4, -0.2) is 6.72 Å². The van der Waals surface area contributed by atoms with Gasteiger partial charge in [0.25, 0.3) is 0 Å². The minimum atomic E-state index is -0.220. The van der Waals surface area contributed by atoms with E-state index in [9.17, 15) is 4.39 Å². The van der Waals surface area contributed by atoms with Gasteiger partial charge in [0, 0.05) is 11.4 Å². The third-order valence-electron chi connectivity index (χ3n) is 3.25. The summed E-state index contributed by atoms with van der Waals surface area (Å²) in [6.07, 6.45) is 4.83. The summed E-state index contributed by atoms with van der Waals surface area (Å²) in [5.41, 5.74) is 2.95. The molecule has 1 nitrogen and oxygen atoms in total. The maximum absolute atomic E-state index is 13.4. The summed E-state index contributed by atoms with van der Waals surface area (Å²) < 4.78 is 13.4. The summed E-state index contributed by atoms with van der Waals surface area (Å²) in [6.45, 7) is 7.59. The molecule has 102 valence electrons. The predicted molar refractivity (Wildman–Crippen MR) is 84.6 cm³/mol. The van der Waals surface area contributed by atoms with Crippen LogP contribution in [0.5, 0.6) is 0 Å². The fourth-order valence-corrected chi connectivity index (χ4v) is 2.26. The number of aliphatic imine (C=N–C) groups is 1. The van der Waals surface area contributed by atoms with Gasteiger partial charge in [0.05, 0.1) is 0 Å². The van der Waals surface area contributed by atoms with Crippen LogP contribution in [0, 0.1) is 12.7 Å². The van der Waals surface area contributed by atoms with Gasteiger partial charge in [0.1, 0.15) is 5.82 Å². The third kappa shape index (κ3) is 3.02. The zero-order valence-electron chi connectivity index (χ0n) is 11.9. The Morgan fingerprint density at radius 1 is 1.15 bits per heavy atom. The maximum Gasteiger partial charge on any atom is 0.123 e. The van der Waals surface area contributed by atoms with Crippen molar-refractivity contribution in [3.05, 3.63) is 58.2 Å². The molecule has 0 aliphatic carbocycles. The van der Waals surface area contributed by atoms with Crippen molar-refractivity contribution >= 4 is 19.0 Å². The standard InChI is InChI=1S/C18H18FN/c1-4-5-14-7-8-15(10-16(14)12-20-3)18-11-17(19)9-6-13(18)2/h5-12H,3-4H2,1-2H3/b14-5-,16-12-. The number of benzene rings is 2. The Bertz CT molecular complexity index is 744. The fraction of sp³-hybridized carbons (Fsp3) is 0.167. The third-order valence-corrected chi connectivity index (χ3v) is 3.25. The Labute approximate surface area is 118 Å². The van der Waals surface area contributed by atoms with Crippen molar-refractivity contribution in [1.82, 2.24) is 0 Å². The van der Waals surface area contributed by atoms with Crippen molar-refractivity contribution in [2.24, 2.45) is 4.99 Å². The first-order chi connectivity index (χ1) is 9.65. The largest absolute Gasteiger partial charge is 0.272 e. The molecule has 0 atom stereocenters. The van der Waals surface area contributed by atoms with Crippen LogP contribution in [0.2, 0.25) is 0 Å².